The molecule has 88 valence electrons. The molecule has 0 aromatic carbocycles. The van der Waals surface area contributed by atoms with Gasteiger partial charge in [-0.1, -0.05) is 11.8 Å². The van der Waals surface area contributed by atoms with Gasteiger partial charge in [0.25, 0.3) is 0 Å². The van der Waals surface area contributed by atoms with Crippen molar-refractivity contribution < 1.29 is 9.59 Å². The molecule has 9 heteroatoms. The average molecular weight is 244 g/mol. The SMILES string of the molecule is CNC(=O)NC(=O)CSc1nnc(N)n1C. The zero-order valence-corrected chi connectivity index (χ0v) is 9.67. The first-order valence-corrected chi connectivity index (χ1v) is 5.32. The maximum atomic E-state index is 11.2. The van der Waals surface area contributed by atoms with Crippen LogP contribution in [-0.4, -0.2) is 39.5 Å². The van der Waals surface area contributed by atoms with Crippen LogP contribution in [0.25, 0.3) is 0 Å². The number of urea groups is 1. The number of nitrogens with zero attached hydrogens (tertiary/aromatic N) is 3. The first-order valence-electron chi connectivity index (χ1n) is 4.33. The molecular weight excluding hydrogens is 232 g/mol. The number of imide groups is 1. The first kappa shape index (κ1) is 12.3. The number of nitrogen functional groups attached to an aromatic ring is 1. The van der Waals surface area contributed by atoms with Crippen LogP contribution in [0.2, 0.25) is 0 Å². The third kappa shape index (κ3) is 3.12. The second kappa shape index (κ2) is 5.35. The Hall–Kier alpha value is -1.77. The summed E-state index contributed by atoms with van der Waals surface area (Å²) in [5, 5.41) is 12.3. The maximum Gasteiger partial charge on any atom is 0.321 e. The van der Waals surface area contributed by atoms with Crippen molar-refractivity contribution in [2.75, 3.05) is 18.5 Å². The van der Waals surface area contributed by atoms with Crippen molar-refractivity contribution in [3.8, 4) is 0 Å². The predicted molar refractivity (Wildman–Crippen MR) is 58.7 cm³/mol. The van der Waals surface area contributed by atoms with Gasteiger partial charge in [0, 0.05) is 14.1 Å². The molecule has 1 rings (SSSR count). The number of carbonyl (C=O) groups is 2. The van der Waals surface area contributed by atoms with Crippen LogP contribution >= 0.6 is 11.8 Å². The van der Waals surface area contributed by atoms with Crippen LogP contribution < -0.4 is 16.4 Å². The number of nitrogens with two attached hydrogens (primary N) is 1. The molecule has 0 saturated heterocycles. The van der Waals surface area contributed by atoms with Gasteiger partial charge in [0.1, 0.15) is 0 Å². The minimum atomic E-state index is -0.539. The number of rotatable bonds is 3. The zero-order valence-electron chi connectivity index (χ0n) is 8.85. The first-order chi connectivity index (χ1) is 7.54. The minimum Gasteiger partial charge on any atom is -0.368 e. The van der Waals surface area contributed by atoms with Crippen molar-refractivity contribution in [3.05, 3.63) is 0 Å². The van der Waals surface area contributed by atoms with Crippen molar-refractivity contribution in [2.45, 2.75) is 5.16 Å². The Morgan fingerprint density at radius 2 is 2.19 bits per heavy atom. The zero-order chi connectivity index (χ0) is 12.1. The van der Waals surface area contributed by atoms with Crippen LogP contribution in [0.3, 0.4) is 0 Å². The molecule has 4 N–H and O–H groups in total. The second-order valence-corrected chi connectivity index (χ2v) is 3.76. The highest BCUT2D eigenvalue weighted by Crippen LogP contribution is 2.15. The summed E-state index contributed by atoms with van der Waals surface area (Å²) < 4.78 is 1.55. The summed E-state index contributed by atoms with van der Waals surface area (Å²) in [6.07, 6.45) is 0. The van der Waals surface area contributed by atoms with Gasteiger partial charge >= 0.3 is 6.03 Å². The molecule has 0 fully saturated rings. The van der Waals surface area contributed by atoms with Gasteiger partial charge in [0.05, 0.1) is 5.75 Å². The van der Waals surface area contributed by atoms with Crippen LogP contribution in [0, 0.1) is 0 Å². The van der Waals surface area contributed by atoms with E-state index in [2.05, 4.69) is 20.8 Å². The number of thioether (sulfide) groups is 1. The highest BCUT2D eigenvalue weighted by Gasteiger charge is 2.10. The van der Waals surface area contributed by atoms with E-state index in [0.29, 0.717) is 5.16 Å². The normalized spacial score (nSPS) is 9.88. The molecule has 8 nitrogen and oxygen atoms in total. The lowest BCUT2D eigenvalue weighted by Gasteiger charge is -2.02. The average Bonchev–Trinajstić information content (AvgIpc) is 2.57. The van der Waals surface area contributed by atoms with Gasteiger partial charge in [0.15, 0.2) is 5.16 Å². The second-order valence-electron chi connectivity index (χ2n) is 2.82. The largest absolute Gasteiger partial charge is 0.368 e. The van der Waals surface area contributed by atoms with Gasteiger partial charge in [-0.3, -0.25) is 14.7 Å². The summed E-state index contributed by atoms with van der Waals surface area (Å²) in [7, 11) is 3.12. The molecule has 1 heterocycles. The van der Waals surface area contributed by atoms with E-state index in [1.165, 1.54) is 7.05 Å². The third-order valence-electron chi connectivity index (χ3n) is 1.68. The van der Waals surface area contributed by atoms with E-state index in [1.807, 2.05) is 0 Å². The fourth-order valence-electron chi connectivity index (χ4n) is 0.807. The summed E-state index contributed by atoms with van der Waals surface area (Å²) in [6, 6.07) is -0.539. The van der Waals surface area contributed by atoms with E-state index in [4.69, 9.17) is 5.73 Å². The van der Waals surface area contributed by atoms with Crippen molar-refractivity contribution in [3.63, 3.8) is 0 Å². The summed E-state index contributed by atoms with van der Waals surface area (Å²) in [4.78, 5) is 22.0. The summed E-state index contributed by atoms with van der Waals surface area (Å²) in [6.45, 7) is 0. The maximum absolute atomic E-state index is 11.2. The molecule has 0 saturated carbocycles. The lowest BCUT2D eigenvalue weighted by molar-refractivity contribution is -0.117. The molecule has 0 aliphatic heterocycles. The molecular formula is C7H12N6O2S. The highest BCUT2D eigenvalue weighted by molar-refractivity contribution is 7.99. The fourth-order valence-corrected chi connectivity index (χ4v) is 1.53. The van der Waals surface area contributed by atoms with Gasteiger partial charge in [-0.15, -0.1) is 10.2 Å². The van der Waals surface area contributed by atoms with Gasteiger partial charge in [-0.2, -0.15) is 0 Å². The minimum absolute atomic E-state index is 0.0688. The number of carbonyl (C=O) groups excluding carboxylic acids is 2. The Labute approximate surface area is 96.0 Å². The molecule has 16 heavy (non-hydrogen) atoms. The quantitative estimate of drug-likeness (QED) is 0.584. The lowest BCUT2D eigenvalue weighted by atomic mass is 10.7. The van der Waals surface area contributed by atoms with Crippen LogP contribution in [-0.2, 0) is 11.8 Å². The van der Waals surface area contributed by atoms with Crippen LogP contribution in [0.1, 0.15) is 0 Å². The van der Waals surface area contributed by atoms with E-state index in [0.717, 1.165) is 11.8 Å². The van der Waals surface area contributed by atoms with E-state index < -0.39 is 11.9 Å². The van der Waals surface area contributed by atoms with E-state index in [9.17, 15) is 9.59 Å². The van der Waals surface area contributed by atoms with E-state index >= 15 is 0 Å². The number of aromatic nitrogens is 3. The van der Waals surface area contributed by atoms with Crippen molar-refractivity contribution in [2.24, 2.45) is 7.05 Å². The molecule has 0 bridgehead atoms. The van der Waals surface area contributed by atoms with Crippen LogP contribution in [0.4, 0.5) is 10.7 Å². The Balaban J connectivity index is 2.43. The molecule has 1 aromatic heterocycles. The van der Waals surface area contributed by atoms with Gasteiger partial charge in [-0.25, -0.2) is 4.79 Å². The molecule has 3 amide bonds. The van der Waals surface area contributed by atoms with Crippen LogP contribution in [0.5, 0.6) is 0 Å². The summed E-state index contributed by atoms with van der Waals surface area (Å²) >= 11 is 1.15. The third-order valence-corrected chi connectivity index (χ3v) is 2.70. The number of anilines is 1. The Bertz CT molecular complexity index is 404. The summed E-state index contributed by atoms with van der Waals surface area (Å²) in [5.41, 5.74) is 5.46. The lowest BCUT2D eigenvalue weighted by Crippen LogP contribution is -2.38. The Morgan fingerprint density at radius 1 is 1.50 bits per heavy atom. The molecule has 0 aliphatic carbocycles. The monoisotopic (exact) mass is 244 g/mol. The van der Waals surface area contributed by atoms with Gasteiger partial charge < -0.3 is 11.1 Å². The van der Waals surface area contributed by atoms with Gasteiger partial charge in [0.2, 0.25) is 11.9 Å². The topological polar surface area (TPSA) is 115 Å². The van der Waals surface area contributed by atoms with Crippen molar-refractivity contribution in [1.82, 2.24) is 25.4 Å². The number of amides is 3. The Kier molecular flexibility index (Phi) is 4.11. The Morgan fingerprint density at radius 3 is 2.69 bits per heavy atom. The smallest absolute Gasteiger partial charge is 0.321 e. The molecule has 0 aliphatic rings. The number of nitrogens with one attached hydrogen (secondary N) is 2. The number of hydrogen-bond donors (Lipinski definition) is 3. The molecule has 0 spiro atoms. The number of hydrogen-bond acceptors (Lipinski definition) is 6. The van der Waals surface area contributed by atoms with E-state index in [1.54, 1.807) is 11.6 Å². The standard InChI is InChI=1S/C7H12N6O2S/c1-9-6(15)10-4(14)3-16-7-12-11-5(8)13(7)2/h3H2,1-2H3,(H2,8,11)(H2,9,10,14,15). The highest BCUT2D eigenvalue weighted by atomic mass is 32.2. The fraction of sp³-hybridized carbons (Fsp3) is 0.429. The molecule has 0 radical (unpaired) electrons. The van der Waals surface area contributed by atoms with Crippen LogP contribution in [0.15, 0.2) is 5.16 Å². The van der Waals surface area contributed by atoms with Gasteiger partial charge in [-0.05, 0) is 0 Å². The van der Waals surface area contributed by atoms with Crippen molar-refractivity contribution in [1.29, 1.82) is 0 Å². The predicted octanol–water partition coefficient (Wildman–Crippen LogP) is -1.05. The summed E-state index contributed by atoms with van der Waals surface area (Å²) in [5.74, 6) is -0.0699. The molecule has 1 aromatic rings. The molecule has 0 unspecified atom stereocenters. The molecule has 0 atom stereocenters. The van der Waals surface area contributed by atoms with E-state index in [-0.39, 0.29) is 11.7 Å². The van der Waals surface area contributed by atoms with Crippen molar-refractivity contribution >= 4 is 29.6 Å².